The minimum atomic E-state index is -0.788. The van der Waals surface area contributed by atoms with E-state index in [1.807, 2.05) is 0 Å². The molecule has 1 unspecified atom stereocenters. The zero-order valence-electron chi connectivity index (χ0n) is 9.05. The second-order valence-electron chi connectivity index (χ2n) is 4.11. The van der Waals surface area contributed by atoms with Crippen molar-refractivity contribution in [2.75, 3.05) is 0 Å². The van der Waals surface area contributed by atoms with Gasteiger partial charge in [-0.15, -0.1) is 0 Å². The van der Waals surface area contributed by atoms with Crippen LogP contribution < -0.4 is 5.32 Å². The van der Waals surface area contributed by atoms with Gasteiger partial charge in [-0.25, -0.2) is 8.78 Å². The Kier molecular flexibility index (Phi) is 3.67. The Bertz CT molecular complexity index is 388. The summed E-state index contributed by atoms with van der Waals surface area (Å²) in [6, 6.07) is 4.50. The van der Waals surface area contributed by atoms with Crippen LogP contribution in [-0.4, -0.2) is 6.04 Å². The number of benzene rings is 1. The summed E-state index contributed by atoms with van der Waals surface area (Å²) in [5.74, 6) is -1.56. The molecule has 1 aliphatic rings. The highest BCUT2D eigenvalue weighted by Gasteiger charge is 2.09. The van der Waals surface area contributed by atoms with E-state index in [1.54, 1.807) is 6.07 Å². The molecule has 0 saturated heterocycles. The average molecular weight is 223 g/mol. The molecule has 1 aromatic carbocycles. The molecule has 0 fully saturated rings. The van der Waals surface area contributed by atoms with E-state index >= 15 is 0 Å². The minimum Gasteiger partial charge on any atom is -0.310 e. The van der Waals surface area contributed by atoms with Crippen LogP contribution in [0.25, 0.3) is 0 Å². The third-order valence-corrected chi connectivity index (χ3v) is 2.85. The molecule has 1 atom stereocenters. The van der Waals surface area contributed by atoms with Crippen molar-refractivity contribution < 1.29 is 8.78 Å². The van der Waals surface area contributed by atoms with Gasteiger partial charge in [-0.3, -0.25) is 0 Å². The van der Waals surface area contributed by atoms with Crippen molar-refractivity contribution >= 4 is 0 Å². The molecule has 0 aliphatic heterocycles. The molecule has 1 aliphatic carbocycles. The summed E-state index contributed by atoms with van der Waals surface area (Å²) < 4.78 is 25.6. The number of rotatable bonds is 3. The van der Waals surface area contributed by atoms with Crippen molar-refractivity contribution in [1.82, 2.24) is 5.32 Å². The summed E-state index contributed by atoms with van der Waals surface area (Å²) in [5.41, 5.74) is 0.786. The summed E-state index contributed by atoms with van der Waals surface area (Å²) >= 11 is 0. The van der Waals surface area contributed by atoms with Gasteiger partial charge in [-0.1, -0.05) is 18.2 Å². The number of hydrogen-bond acceptors (Lipinski definition) is 1. The molecule has 0 heterocycles. The third kappa shape index (κ3) is 2.89. The van der Waals surface area contributed by atoms with Gasteiger partial charge in [0.15, 0.2) is 11.6 Å². The monoisotopic (exact) mass is 223 g/mol. The van der Waals surface area contributed by atoms with Gasteiger partial charge in [0.05, 0.1) is 0 Å². The van der Waals surface area contributed by atoms with Crippen molar-refractivity contribution in [1.29, 1.82) is 0 Å². The smallest absolute Gasteiger partial charge is 0.159 e. The SMILES string of the molecule is Fc1ccc(CNC2CC=CCC2)cc1F. The first-order chi connectivity index (χ1) is 7.75. The lowest BCUT2D eigenvalue weighted by molar-refractivity contribution is 0.470. The molecule has 3 heteroatoms. The normalized spacial score (nSPS) is 20.0. The standard InChI is InChI=1S/C13H15F2N/c14-12-7-6-10(8-13(12)15)9-16-11-4-2-1-3-5-11/h1-2,6-8,11,16H,3-5,9H2. The molecule has 86 valence electrons. The van der Waals surface area contributed by atoms with Crippen LogP contribution in [0.15, 0.2) is 30.4 Å². The maximum absolute atomic E-state index is 12.9. The molecule has 0 amide bonds. The number of hydrogen-bond donors (Lipinski definition) is 1. The van der Waals surface area contributed by atoms with Crippen LogP contribution in [0.2, 0.25) is 0 Å². The Morgan fingerprint density at radius 1 is 1.19 bits per heavy atom. The second-order valence-corrected chi connectivity index (χ2v) is 4.11. The van der Waals surface area contributed by atoms with E-state index in [4.69, 9.17) is 0 Å². The largest absolute Gasteiger partial charge is 0.310 e. The van der Waals surface area contributed by atoms with E-state index in [-0.39, 0.29) is 0 Å². The van der Waals surface area contributed by atoms with Crippen molar-refractivity contribution in [3.63, 3.8) is 0 Å². The van der Waals surface area contributed by atoms with Crippen LogP contribution in [-0.2, 0) is 6.54 Å². The van der Waals surface area contributed by atoms with Crippen molar-refractivity contribution in [3.8, 4) is 0 Å². The highest BCUT2D eigenvalue weighted by molar-refractivity contribution is 5.17. The first-order valence-corrected chi connectivity index (χ1v) is 5.58. The Hall–Kier alpha value is -1.22. The zero-order valence-corrected chi connectivity index (χ0v) is 9.05. The van der Waals surface area contributed by atoms with Gasteiger partial charge < -0.3 is 5.32 Å². The fraction of sp³-hybridized carbons (Fsp3) is 0.385. The minimum absolute atomic E-state index is 0.457. The zero-order chi connectivity index (χ0) is 11.4. The summed E-state index contributed by atoms with van der Waals surface area (Å²) in [6.45, 7) is 0.593. The van der Waals surface area contributed by atoms with E-state index < -0.39 is 11.6 Å². The summed E-state index contributed by atoms with van der Waals surface area (Å²) in [7, 11) is 0. The predicted octanol–water partition coefficient (Wildman–Crippen LogP) is 3.16. The quantitative estimate of drug-likeness (QED) is 0.776. The summed E-state index contributed by atoms with van der Waals surface area (Å²) in [6.07, 6.45) is 7.56. The molecule has 16 heavy (non-hydrogen) atoms. The number of nitrogens with one attached hydrogen (secondary N) is 1. The van der Waals surface area contributed by atoms with Crippen LogP contribution in [0.1, 0.15) is 24.8 Å². The van der Waals surface area contributed by atoms with Crippen molar-refractivity contribution in [2.24, 2.45) is 0 Å². The molecule has 0 bridgehead atoms. The van der Waals surface area contributed by atoms with Crippen molar-refractivity contribution in [3.05, 3.63) is 47.5 Å². The molecule has 1 aromatic rings. The van der Waals surface area contributed by atoms with Crippen LogP contribution >= 0.6 is 0 Å². The molecule has 2 rings (SSSR count). The van der Waals surface area contributed by atoms with E-state index in [2.05, 4.69) is 17.5 Å². The van der Waals surface area contributed by atoms with Crippen LogP contribution in [0, 0.1) is 11.6 Å². The number of halogens is 2. The van der Waals surface area contributed by atoms with Crippen LogP contribution in [0.3, 0.4) is 0 Å². The lowest BCUT2D eigenvalue weighted by atomic mass is 10.0. The van der Waals surface area contributed by atoms with E-state index in [1.165, 1.54) is 12.1 Å². The molecule has 0 saturated carbocycles. The molecule has 1 nitrogen and oxygen atoms in total. The predicted molar refractivity (Wildman–Crippen MR) is 60.0 cm³/mol. The Labute approximate surface area is 94.2 Å². The van der Waals surface area contributed by atoms with Gasteiger partial charge in [0.2, 0.25) is 0 Å². The van der Waals surface area contributed by atoms with E-state index in [9.17, 15) is 8.78 Å². The molecular weight excluding hydrogens is 208 g/mol. The molecule has 1 N–H and O–H groups in total. The topological polar surface area (TPSA) is 12.0 Å². The van der Waals surface area contributed by atoms with E-state index in [0.717, 1.165) is 24.8 Å². The summed E-state index contributed by atoms with van der Waals surface area (Å²) in [5, 5.41) is 3.34. The Morgan fingerprint density at radius 3 is 2.75 bits per heavy atom. The fourth-order valence-corrected chi connectivity index (χ4v) is 1.89. The van der Waals surface area contributed by atoms with Gasteiger partial charge in [-0.05, 0) is 37.0 Å². The first kappa shape index (κ1) is 11.3. The molecule has 0 aromatic heterocycles. The van der Waals surface area contributed by atoms with Gasteiger partial charge in [-0.2, -0.15) is 0 Å². The Morgan fingerprint density at radius 2 is 2.06 bits per heavy atom. The fourth-order valence-electron chi connectivity index (χ4n) is 1.89. The maximum atomic E-state index is 12.9. The van der Waals surface area contributed by atoms with Gasteiger partial charge in [0.25, 0.3) is 0 Å². The Balaban J connectivity index is 1.89. The van der Waals surface area contributed by atoms with Gasteiger partial charge in [0.1, 0.15) is 0 Å². The van der Waals surface area contributed by atoms with Gasteiger partial charge in [0, 0.05) is 12.6 Å². The molecule has 0 spiro atoms. The number of allylic oxidation sites excluding steroid dienone is 1. The van der Waals surface area contributed by atoms with Crippen LogP contribution in [0.5, 0.6) is 0 Å². The second kappa shape index (κ2) is 5.21. The highest BCUT2D eigenvalue weighted by Crippen LogP contribution is 2.12. The maximum Gasteiger partial charge on any atom is 0.159 e. The third-order valence-electron chi connectivity index (χ3n) is 2.85. The summed E-state index contributed by atoms with van der Waals surface area (Å²) in [4.78, 5) is 0. The molecular formula is C13H15F2N. The average Bonchev–Trinajstić information content (AvgIpc) is 2.32. The van der Waals surface area contributed by atoms with Crippen molar-refractivity contribution in [2.45, 2.75) is 31.8 Å². The van der Waals surface area contributed by atoms with Crippen LogP contribution in [0.4, 0.5) is 8.78 Å². The lowest BCUT2D eigenvalue weighted by Gasteiger charge is -2.19. The first-order valence-electron chi connectivity index (χ1n) is 5.58. The van der Waals surface area contributed by atoms with E-state index in [0.29, 0.717) is 12.6 Å². The van der Waals surface area contributed by atoms with Gasteiger partial charge >= 0.3 is 0 Å². The lowest BCUT2D eigenvalue weighted by Crippen LogP contribution is -2.29. The molecule has 0 radical (unpaired) electrons. The highest BCUT2D eigenvalue weighted by atomic mass is 19.2.